The number of hydrogen-bond acceptors (Lipinski definition) is 4. The Morgan fingerprint density at radius 2 is 1.60 bits per heavy atom. The maximum Gasteiger partial charge on any atom is 0.242 e. The number of carbonyl (C=O) groups is 2. The Morgan fingerprint density at radius 1 is 1.04 bits per heavy atom. The molecule has 2 aliphatic heterocycles. The van der Waals surface area contributed by atoms with Gasteiger partial charge in [0.05, 0.1) is 12.0 Å². The van der Waals surface area contributed by atoms with Gasteiger partial charge in [-0.25, -0.2) is 0 Å². The molecular weight excluding hydrogens is 342 g/mol. The number of rotatable bonds is 3. The molecule has 3 rings (SSSR count). The van der Waals surface area contributed by atoms with E-state index >= 15 is 0 Å². The number of piperazine rings is 1. The van der Waals surface area contributed by atoms with Crippen molar-refractivity contribution in [2.45, 2.75) is 24.8 Å². The number of carbonyl (C=O) groups excluding carboxylic acids is 2. The molecule has 0 unspecified atom stereocenters. The molecule has 25 heavy (non-hydrogen) atoms. The van der Waals surface area contributed by atoms with Gasteiger partial charge >= 0.3 is 0 Å². The van der Waals surface area contributed by atoms with E-state index in [1.54, 1.807) is 17.0 Å². The highest BCUT2D eigenvalue weighted by molar-refractivity contribution is 6.30. The molecule has 2 saturated heterocycles. The van der Waals surface area contributed by atoms with E-state index in [2.05, 4.69) is 0 Å². The van der Waals surface area contributed by atoms with Crippen LogP contribution in [0.1, 0.15) is 18.4 Å². The first-order valence-electron chi connectivity index (χ1n) is 8.66. The van der Waals surface area contributed by atoms with E-state index in [0.717, 1.165) is 5.56 Å². The van der Waals surface area contributed by atoms with Gasteiger partial charge in [0.15, 0.2) is 0 Å². The van der Waals surface area contributed by atoms with Crippen LogP contribution in [0.3, 0.4) is 0 Å². The molecule has 136 valence electrons. The van der Waals surface area contributed by atoms with Crippen molar-refractivity contribution < 1.29 is 14.3 Å². The number of halogens is 1. The molecule has 0 radical (unpaired) electrons. The van der Waals surface area contributed by atoms with Crippen LogP contribution in [-0.2, 0) is 20.7 Å². The molecule has 0 atom stereocenters. The molecule has 2 fully saturated rings. The van der Waals surface area contributed by atoms with E-state index < -0.39 is 5.54 Å². The Balaban J connectivity index is 1.51. The summed E-state index contributed by atoms with van der Waals surface area (Å²) in [7, 11) is 0. The second-order valence-electron chi connectivity index (χ2n) is 6.74. The van der Waals surface area contributed by atoms with Crippen LogP contribution < -0.4 is 5.73 Å². The molecule has 0 bridgehead atoms. The van der Waals surface area contributed by atoms with Crippen LogP contribution in [0.5, 0.6) is 0 Å². The minimum atomic E-state index is -0.812. The summed E-state index contributed by atoms with van der Waals surface area (Å²) < 4.78 is 5.30. The summed E-state index contributed by atoms with van der Waals surface area (Å²) in [4.78, 5) is 28.7. The third-order valence-electron chi connectivity index (χ3n) is 5.00. The second-order valence-corrected chi connectivity index (χ2v) is 7.18. The summed E-state index contributed by atoms with van der Waals surface area (Å²) in [5.74, 6) is 0.0588. The average molecular weight is 366 g/mol. The Bertz CT molecular complexity index is 621. The van der Waals surface area contributed by atoms with Crippen molar-refractivity contribution in [1.82, 2.24) is 9.80 Å². The van der Waals surface area contributed by atoms with Crippen LogP contribution in [0.15, 0.2) is 24.3 Å². The second kappa shape index (κ2) is 7.72. The van der Waals surface area contributed by atoms with Gasteiger partial charge in [-0.3, -0.25) is 9.59 Å². The predicted molar refractivity (Wildman–Crippen MR) is 95.3 cm³/mol. The van der Waals surface area contributed by atoms with Crippen molar-refractivity contribution in [2.75, 3.05) is 39.4 Å². The van der Waals surface area contributed by atoms with Gasteiger partial charge < -0.3 is 20.3 Å². The minimum Gasteiger partial charge on any atom is -0.381 e. The Labute approximate surface area is 152 Å². The van der Waals surface area contributed by atoms with Crippen LogP contribution in [-0.4, -0.2) is 66.5 Å². The monoisotopic (exact) mass is 365 g/mol. The third kappa shape index (κ3) is 4.32. The Hall–Kier alpha value is -1.63. The fourth-order valence-electron chi connectivity index (χ4n) is 3.31. The number of nitrogens with two attached hydrogens (primary N) is 1. The topological polar surface area (TPSA) is 75.9 Å². The highest BCUT2D eigenvalue weighted by atomic mass is 35.5. The molecule has 1 aromatic rings. The number of amides is 2. The van der Waals surface area contributed by atoms with Crippen molar-refractivity contribution >= 4 is 23.4 Å². The highest BCUT2D eigenvalue weighted by Gasteiger charge is 2.40. The zero-order valence-electron chi connectivity index (χ0n) is 14.2. The predicted octanol–water partition coefficient (Wildman–Crippen LogP) is 1.06. The fourth-order valence-corrected chi connectivity index (χ4v) is 3.44. The van der Waals surface area contributed by atoms with Gasteiger partial charge in [-0.2, -0.15) is 0 Å². The Morgan fingerprint density at radius 3 is 2.20 bits per heavy atom. The first-order chi connectivity index (χ1) is 12.0. The molecule has 7 heteroatoms. The molecule has 0 spiro atoms. The van der Waals surface area contributed by atoms with Gasteiger partial charge in [0, 0.05) is 44.4 Å². The molecule has 2 amide bonds. The van der Waals surface area contributed by atoms with E-state index in [1.165, 1.54) is 0 Å². The first kappa shape index (κ1) is 18.2. The van der Waals surface area contributed by atoms with Crippen molar-refractivity contribution in [3.05, 3.63) is 34.9 Å². The molecule has 0 aromatic heterocycles. The fraction of sp³-hybridized carbons (Fsp3) is 0.556. The maximum absolute atomic E-state index is 12.7. The lowest BCUT2D eigenvalue weighted by Crippen LogP contribution is -2.61. The van der Waals surface area contributed by atoms with Gasteiger partial charge in [-0.15, -0.1) is 0 Å². The summed E-state index contributed by atoms with van der Waals surface area (Å²) in [6.07, 6.45) is 1.46. The minimum absolute atomic E-state index is 0.0133. The molecule has 2 aliphatic rings. The van der Waals surface area contributed by atoms with Gasteiger partial charge in [-0.1, -0.05) is 23.7 Å². The summed E-state index contributed by atoms with van der Waals surface area (Å²) in [6.45, 7) is 3.22. The smallest absolute Gasteiger partial charge is 0.242 e. The summed E-state index contributed by atoms with van der Waals surface area (Å²) in [6, 6.07) is 7.30. The van der Waals surface area contributed by atoms with Crippen LogP contribution in [0, 0.1) is 0 Å². The van der Waals surface area contributed by atoms with Crippen LogP contribution >= 0.6 is 11.6 Å². The van der Waals surface area contributed by atoms with Crippen molar-refractivity contribution in [3.63, 3.8) is 0 Å². The molecular formula is C18H24ClN3O3. The number of ether oxygens (including phenoxy) is 1. The first-order valence-corrected chi connectivity index (χ1v) is 9.04. The molecule has 0 saturated carbocycles. The summed E-state index contributed by atoms with van der Waals surface area (Å²) >= 11 is 5.87. The van der Waals surface area contributed by atoms with Crippen molar-refractivity contribution in [2.24, 2.45) is 5.73 Å². The summed E-state index contributed by atoms with van der Waals surface area (Å²) in [5, 5.41) is 0.659. The number of nitrogens with zero attached hydrogens (tertiary/aromatic N) is 2. The van der Waals surface area contributed by atoms with Gasteiger partial charge in [0.1, 0.15) is 0 Å². The molecule has 2 heterocycles. The van der Waals surface area contributed by atoms with Gasteiger partial charge in [0.2, 0.25) is 11.8 Å². The molecule has 2 N–H and O–H groups in total. The van der Waals surface area contributed by atoms with Gasteiger partial charge in [0.25, 0.3) is 0 Å². The zero-order valence-corrected chi connectivity index (χ0v) is 15.0. The quantitative estimate of drug-likeness (QED) is 0.869. The van der Waals surface area contributed by atoms with Crippen LogP contribution in [0.4, 0.5) is 0 Å². The lowest BCUT2D eigenvalue weighted by atomic mass is 9.89. The standard InChI is InChI=1S/C18H24ClN3O3/c19-15-3-1-14(2-4-15)13-16(23)21-7-9-22(10-8-21)17(24)18(20)5-11-25-12-6-18/h1-4H,5-13,20H2. The van der Waals surface area contributed by atoms with Crippen LogP contribution in [0.25, 0.3) is 0 Å². The maximum atomic E-state index is 12.7. The van der Waals surface area contributed by atoms with Crippen molar-refractivity contribution in [1.29, 1.82) is 0 Å². The lowest BCUT2D eigenvalue weighted by Gasteiger charge is -2.41. The molecule has 1 aromatic carbocycles. The van der Waals surface area contributed by atoms with E-state index in [-0.39, 0.29) is 11.8 Å². The largest absolute Gasteiger partial charge is 0.381 e. The molecule has 0 aliphatic carbocycles. The van der Waals surface area contributed by atoms with E-state index in [4.69, 9.17) is 22.1 Å². The van der Waals surface area contributed by atoms with E-state index in [1.807, 2.05) is 17.0 Å². The third-order valence-corrected chi connectivity index (χ3v) is 5.25. The highest BCUT2D eigenvalue weighted by Crippen LogP contribution is 2.21. The van der Waals surface area contributed by atoms with Crippen molar-refractivity contribution in [3.8, 4) is 0 Å². The van der Waals surface area contributed by atoms with E-state index in [0.29, 0.717) is 63.7 Å². The molecule has 6 nitrogen and oxygen atoms in total. The summed E-state index contributed by atoms with van der Waals surface area (Å²) in [5.41, 5.74) is 6.41. The van der Waals surface area contributed by atoms with Gasteiger partial charge in [-0.05, 0) is 30.5 Å². The lowest BCUT2D eigenvalue weighted by molar-refractivity contribution is -0.145. The van der Waals surface area contributed by atoms with Crippen LogP contribution in [0.2, 0.25) is 5.02 Å². The average Bonchev–Trinajstić information content (AvgIpc) is 2.64. The van der Waals surface area contributed by atoms with E-state index in [9.17, 15) is 9.59 Å². The zero-order chi connectivity index (χ0) is 17.9. The number of benzene rings is 1. The number of hydrogen-bond donors (Lipinski definition) is 1. The SMILES string of the molecule is NC1(C(=O)N2CCN(C(=O)Cc3ccc(Cl)cc3)CC2)CCOCC1. The Kier molecular flexibility index (Phi) is 5.61. The normalized spacial score (nSPS) is 20.4.